The van der Waals surface area contributed by atoms with Gasteiger partial charge >= 0.3 is 0 Å². The molecule has 5 nitrogen and oxygen atoms in total. The second kappa shape index (κ2) is 6.44. The van der Waals surface area contributed by atoms with Crippen LogP contribution in [0.5, 0.6) is 0 Å². The number of carbonyl (C=O) groups excluding carboxylic acids is 1. The van der Waals surface area contributed by atoms with Crippen molar-refractivity contribution < 1.29 is 4.79 Å². The van der Waals surface area contributed by atoms with Crippen LogP contribution in [0.2, 0.25) is 0 Å². The number of fused-ring (bicyclic) bond motifs is 1. The van der Waals surface area contributed by atoms with Gasteiger partial charge in [-0.05, 0) is 31.0 Å². The predicted molar refractivity (Wildman–Crippen MR) is 89.6 cm³/mol. The molecule has 0 atom stereocenters. The topological polar surface area (TPSA) is 74.8 Å². The van der Waals surface area contributed by atoms with Gasteiger partial charge in [0.1, 0.15) is 5.56 Å². The molecule has 23 heavy (non-hydrogen) atoms. The quantitative estimate of drug-likeness (QED) is 0.776. The Morgan fingerprint density at radius 1 is 1.22 bits per heavy atom. The molecule has 0 radical (unpaired) electrons. The van der Waals surface area contributed by atoms with E-state index in [0.29, 0.717) is 12.1 Å². The minimum absolute atomic E-state index is 0.113. The average molecular weight is 307 g/mol. The van der Waals surface area contributed by atoms with Gasteiger partial charge in [-0.15, -0.1) is 0 Å². The van der Waals surface area contributed by atoms with E-state index in [9.17, 15) is 9.59 Å². The molecular formula is C18H17N3O2. The van der Waals surface area contributed by atoms with Crippen molar-refractivity contribution in [1.82, 2.24) is 15.3 Å². The van der Waals surface area contributed by atoms with Gasteiger partial charge in [0.15, 0.2) is 0 Å². The van der Waals surface area contributed by atoms with Gasteiger partial charge in [0.2, 0.25) is 0 Å². The summed E-state index contributed by atoms with van der Waals surface area (Å²) in [5, 5.41) is 3.57. The highest BCUT2D eigenvalue weighted by molar-refractivity contribution is 5.97. The maximum atomic E-state index is 12.3. The Balaban J connectivity index is 1.77. The number of hydrogen-bond donors (Lipinski definition) is 2. The van der Waals surface area contributed by atoms with Crippen LogP contribution in [-0.2, 0) is 6.42 Å². The number of benzene rings is 1. The molecule has 0 aliphatic heterocycles. The average Bonchev–Trinajstić information content (AvgIpc) is 2.55. The lowest BCUT2D eigenvalue weighted by atomic mass is 10.1. The lowest BCUT2D eigenvalue weighted by Gasteiger charge is -2.07. The first-order valence-electron chi connectivity index (χ1n) is 7.46. The van der Waals surface area contributed by atoms with E-state index in [4.69, 9.17) is 0 Å². The van der Waals surface area contributed by atoms with Crippen molar-refractivity contribution in [2.45, 2.75) is 13.3 Å². The Kier molecular flexibility index (Phi) is 4.19. The first-order chi connectivity index (χ1) is 11.1. The smallest absolute Gasteiger partial charge is 0.261 e. The monoisotopic (exact) mass is 307 g/mol. The van der Waals surface area contributed by atoms with Crippen molar-refractivity contribution in [3.8, 4) is 0 Å². The molecule has 1 aromatic carbocycles. The van der Waals surface area contributed by atoms with Crippen LogP contribution in [0.4, 0.5) is 0 Å². The summed E-state index contributed by atoms with van der Waals surface area (Å²) in [5.41, 5.74) is 2.32. The molecule has 0 unspecified atom stereocenters. The number of rotatable bonds is 4. The number of aromatic nitrogens is 2. The van der Waals surface area contributed by atoms with E-state index in [1.807, 2.05) is 37.3 Å². The number of carbonyl (C=O) groups is 1. The van der Waals surface area contributed by atoms with E-state index in [2.05, 4.69) is 15.3 Å². The molecule has 0 spiro atoms. The molecular weight excluding hydrogens is 290 g/mol. The number of amides is 1. The molecule has 0 saturated heterocycles. The predicted octanol–water partition coefficient (Wildman–Crippen LogP) is 2.20. The number of aryl methyl sites for hydroxylation is 1. The molecule has 116 valence electrons. The molecule has 2 aromatic heterocycles. The molecule has 3 aromatic rings. The molecule has 0 bridgehead atoms. The van der Waals surface area contributed by atoms with E-state index in [-0.39, 0.29) is 17.0 Å². The second-order valence-electron chi connectivity index (χ2n) is 5.36. The first kappa shape index (κ1) is 15.0. The Bertz CT molecular complexity index is 901. The van der Waals surface area contributed by atoms with Gasteiger partial charge in [-0.1, -0.05) is 30.3 Å². The molecule has 0 fully saturated rings. The van der Waals surface area contributed by atoms with Gasteiger partial charge in [0.25, 0.3) is 11.5 Å². The van der Waals surface area contributed by atoms with Crippen molar-refractivity contribution in [3.63, 3.8) is 0 Å². The maximum Gasteiger partial charge on any atom is 0.261 e. The molecule has 0 aliphatic rings. The lowest BCUT2D eigenvalue weighted by molar-refractivity contribution is 0.0953. The van der Waals surface area contributed by atoms with Gasteiger partial charge < -0.3 is 10.3 Å². The fourth-order valence-corrected chi connectivity index (χ4v) is 2.50. The van der Waals surface area contributed by atoms with Gasteiger partial charge in [0, 0.05) is 23.8 Å². The zero-order valence-electron chi connectivity index (χ0n) is 12.8. The summed E-state index contributed by atoms with van der Waals surface area (Å²) in [6.07, 6.45) is 2.35. The van der Waals surface area contributed by atoms with Crippen molar-refractivity contribution in [2.24, 2.45) is 0 Å². The van der Waals surface area contributed by atoms with Crippen molar-refractivity contribution in [1.29, 1.82) is 0 Å². The number of H-pyrrole nitrogens is 1. The van der Waals surface area contributed by atoms with E-state index in [0.717, 1.165) is 23.1 Å². The Morgan fingerprint density at radius 2 is 2.00 bits per heavy atom. The minimum Gasteiger partial charge on any atom is -0.352 e. The third kappa shape index (κ3) is 3.29. The van der Waals surface area contributed by atoms with Crippen LogP contribution < -0.4 is 10.9 Å². The summed E-state index contributed by atoms with van der Waals surface area (Å²) in [5.74, 6) is -0.368. The van der Waals surface area contributed by atoms with Gasteiger partial charge in [-0.25, -0.2) is 0 Å². The fraction of sp³-hybridized carbons (Fsp3) is 0.167. The number of nitrogens with zero attached hydrogens (tertiary/aromatic N) is 1. The van der Waals surface area contributed by atoms with Crippen LogP contribution in [0.25, 0.3) is 10.9 Å². The summed E-state index contributed by atoms with van der Waals surface area (Å²) in [4.78, 5) is 31.3. The Morgan fingerprint density at radius 3 is 2.78 bits per heavy atom. The van der Waals surface area contributed by atoms with E-state index >= 15 is 0 Å². The number of pyridine rings is 2. The third-order valence-corrected chi connectivity index (χ3v) is 3.76. The van der Waals surface area contributed by atoms with Crippen LogP contribution >= 0.6 is 0 Å². The summed E-state index contributed by atoms with van der Waals surface area (Å²) >= 11 is 0. The van der Waals surface area contributed by atoms with Gasteiger partial charge in [-0.3, -0.25) is 14.6 Å². The zero-order valence-corrected chi connectivity index (χ0v) is 12.8. The maximum absolute atomic E-state index is 12.3. The summed E-state index contributed by atoms with van der Waals surface area (Å²) in [6, 6.07) is 13.2. The fourth-order valence-electron chi connectivity index (χ4n) is 2.50. The highest BCUT2D eigenvalue weighted by atomic mass is 16.2. The summed E-state index contributed by atoms with van der Waals surface area (Å²) in [6.45, 7) is 2.32. The number of hydrogen-bond acceptors (Lipinski definition) is 3. The molecule has 5 heteroatoms. The molecule has 2 N–H and O–H groups in total. The Hall–Kier alpha value is -2.95. The summed E-state index contributed by atoms with van der Waals surface area (Å²) < 4.78 is 0. The second-order valence-corrected chi connectivity index (χ2v) is 5.36. The van der Waals surface area contributed by atoms with E-state index < -0.39 is 0 Å². The van der Waals surface area contributed by atoms with Gasteiger partial charge in [0.05, 0.1) is 5.52 Å². The highest BCUT2D eigenvalue weighted by Gasteiger charge is 2.12. The van der Waals surface area contributed by atoms with Crippen molar-refractivity contribution in [3.05, 3.63) is 75.8 Å². The zero-order chi connectivity index (χ0) is 16.2. The van der Waals surface area contributed by atoms with Crippen LogP contribution in [0.1, 0.15) is 21.6 Å². The lowest BCUT2D eigenvalue weighted by Crippen LogP contribution is -2.31. The SMILES string of the molecule is Cc1nccc2[nH]c(=O)c(C(=O)NCCc3ccccc3)cc12. The van der Waals surface area contributed by atoms with Crippen LogP contribution in [-0.4, -0.2) is 22.4 Å². The van der Waals surface area contributed by atoms with Crippen molar-refractivity contribution >= 4 is 16.8 Å². The molecule has 2 heterocycles. The van der Waals surface area contributed by atoms with Gasteiger partial charge in [-0.2, -0.15) is 0 Å². The minimum atomic E-state index is -0.389. The normalized spacial score (nSPS) is 10.7. The molecule has 0 saturated carbocycles. The van der Waals surface area contributed by atoms with Crippen molar-refractivity contribution in [2.75, 3.05) is 6.54 Å². The largest absolute Gasteiger partial charge is 0.352 e. The molecule has 0 aliphatic carbocycles. The van der Waals surface area contributed by atoms with Crippen LogP contribution in [0, 0.1) is 6.92 Å². The van der Waals surface area contributed by atoms with E-state index in [1.165, 1.54) is 0 Å². The third-order valence-electron chi connectivity index (χ3n) is 3.76. The highest BCUT2D eigenvalue weighted by Crippen LogP contribution is 2.13. The first-order valence-corrected chi connectivity index (χ1v) is 7.46. The standard InChI is InChI=1S/C18H17N3O2/c1-12-14-11-15(18(23)21-16(14)8-10-19-12)17(22)20-9-7-13-5-3-2-4-6-13/h2-6,8,10-11H,7,9H2,1H3,(H,20,22)(H,21,23). The number of nitrogens with one attached hydrogen (secondary N) is 2. The van der Waals surface area contributed by atoms with E-state index in [1.54, 1.807) is 18.3 Å². The Labute approximate surface area is 133 Å². The summed E-state index contributed by atoms with van der Waals surface area (Å²) in [7, 11) is 0. The molecule has 1 amide bonds. The number of aromatic amines is 1. The van der Waals surface area contributed by atoms with Crippen LogP contribution in [0.15, 0.2) is 53.5 Å². The van der Waals surface area contributed by atoms with Crippen LogP contribution in [0.3, 0.4) is 0 Å². The molecule has 3 rings (SSSR count).